The van der Waals surface area contributed by atoms with E-state index in [0.717, 1.165) is 5.56 Å². The van der Waals surface area contributed by atoms with Gasteiger partial charge in [-0.3, -0.25) is 4.90 Å². The van der Waals surface area contributed by atoms with Crippen LogP contribution < -0.4 is 0 Å². The number of hydrogen-bond acceptors (Lipinski definition) is 4. The molecule has 1 aliphatic rings. The van der Waals surface area contributed by atoms with Crippen LogP contribution in [0.25, 0.3) is 0 Å². The molecule has 0 aromatic heterocycles. The maximum atomic E-state index is 12.7. The van der Waals surface area contributed by atoms with Crippen molar-refractivity contribution in [3.8, 4) is 0 Å². The minimum absolute atomic E-state index is 0.0808. The van der Waals surface area contributed by atoms with Gasteiger partial charge in [0.2, 0.25) is 0 Å². The highest BCUT2D eigenvalue weighted by atomic mass is 32.2. The summed E-state index contributed by atoms with van der Waals surface area (Å²) in [5.41, 5.74) is 0.484. The lowest BCUT2D eigenvalue weighted by Gasteiger charge is -2.33. The Kier molecular flexibility index (Phi) is 4.78. The van der Waals surface area contributed by atoms with Crippen molar-refractivity contribution in [3.05, 3.63) is 35.9 Å². The van der Waals surface area contributed by atoms with Crippen LogP contribution in [0.15, 0.2) is 30.3 Å². The van der Waals surface area contributed by atoms with Gasteiger partial charge < -0.3 is 9.84 Å². The largest absolute Gasteiger partial charge is 0.444 e. The third kappa shape index (κ3) is 3.58. The van der Waals surface area contributed by atoms with E-state index < -0.39 is 5.60 Å². The summed E-state index contributed by atoms with van der Waals surface area (Å²) in [5, 5.41) is 9.67. The topological polar surface area (TPSA) is 49.8 Å². The lowest BCUT2D eigenvalue weighted by Crippen LogP contribution is -2.48. The van der Waals surface area contributed by atoms with Crippen molar-refractivity contribution in [2.24, 2.45) is 0 Å². The molecule has 4 nitrogen and oxygen atoms in total. The first-order valence-electron chi connectivity index (χ1n) is 7.50. The van der Waals surface area contributed by atoms with Crippen LogP contribution in [0.1, 0.15) is 45.6 Å². The fourth-order valence-electron chi connectivity index (χ4n) is 2.61. The third-order valence-corrected chi connectivity index (χ3v) is 5.27. The first-order chi connectivity index (χ1) is 10.2. The molecular weight excluding hydrogens is 298 g/mol. The van der Waals surface area contributed by atoms with E-state index in [1.54, 1.807) is 16.7 Å². The van der Waals surface area contributed by atoms with Crippen molar-refractivity contribution in [1.82, 2.24) is 4.90 Å². The van der Waals surface area contributed by atoms with E-state index in [1.165, 1.54) is 0 Å². The Morgan fingerprint density at radius 1 is 1.32 bits per heavy atom. The fraction of sp³-hybridized carbons (Fsp3) is 0.588. The quantitative estimate of drug-likeness (QED) is 0.899. The van der Waals surface area contributed by atoms with Crippen molar-refractivity contribution in [1.29, 1.82) is 0 Å². The first kappa shape index (κ1) is 17.2. The zero-order valence-corrected chi connectivity index (χ0v) is 14.7. The van der Waals surface area contributed by atoms with Gasteiger partial charge in [-0.25, -0.2) is 4.79 Å². The minimum atomic E-state index is -0.560. The van der Waals surface area contributed by atoms with Crippen LogP contribution in [0, 0.1) is 0 Å². The van der Waals surface area contributed by atoms with E-state index in [-0.39, 0.29) is 28.9 Å². The molecule has 1 fully saturated rings. The normalized spacial score (nSPS) is 24.4. The van der Waals surface area contributed by atoms with E-state index in [0.29, 0.717) is 0 Å². The lowest BCUT2D eigenvalue weighted by molar-refractivity contribution is 0.00637. The Labute approximate surface area is 136 Å². The summed E-state index contributed by atoms with van der Waals surface area (Å²) in [6, 6.07) is 9.61. The second kappa shape index (κ2) is 6.13. The van der Waals surface area contributed by atoms with Gasteiger partial charge in [-0.2, -0.15) is 0 Å². The summed E-state index contributed by atoms with van der Waals surface area (Å²) in [6.07, 6.45) is -0.376. The molecule has 0 aliphatic carbocycles. The molecular formula is C17H25NO3S. The van der Waals surface area contributed by atoms with Crippen molar-refractivity contribution in [3.63, 3.8) is 0 Å². The monoisotopic (exact) mass is 323 g/mol. The molecule has 1 N–H and O–H groups in total. The summed E-state index contributed by atoms with van der Waals surface area (Å²) in [6.45, 7) is 9.58. The van der Waals surface area contributed by atoms with Gasteiger partial charge in [0.1, 0.15) is 11.0 Å². The van der Waals surface area contributed by atoms with E-state index in [9.17, 15) is 9.90 Å². The Balaban J connectivity index is 2.37. The van der Waals surface area contributed by atoms with Crippen LogP contribution in [-0.2, 0) is 4.74 Å². The summed E-state index contributed by atoms with van der Waals surface area (Å²) in [4.78, 5) is 14.4. The van der Waals surface area contributed by atoms with Gasteiger partial charge in [0.05, 0.1) is 12.6 Å². The molecule has 0 bridgehead atoms. The second-order valence-corrected chi connectivity index (χ2v) is 8.80. The molecule has 0 saturated carbocycles. The molecule has 1 aromatic carbocycles. The zero-order valence-electron chi connectivity index (χ0n) is 13.9. The number of hydrogen-bond donors (Lipinski definition) is 1. The van der Waals surface area contributed by atoms with E-state index in [2.05, 4.69) is 13.8 Å². The molecule has 1 aliphatic heterocycles. The van der Waals surface area contributed by atoms with Crippen molar-refractivity contribution < 1.29 is 14.6 Å². The number of rotatable bonds is 2. The predicted octanol–water partition coefficient (Wildman–Crippen LogP) is 3.81. The zero-order chi connectivity index (χ0) is 16.5. The Morgan fingerprint density at radius 3 is 2.41 bits per heavy atom. The maximum absolute atomic E-state index is 12.7. The number of aliphatic hydroxyl groups is 1. The SMILES string of the molecule is CC(C)(C)OC(=O)N1C(c2ccccc2)SC(C)(C)C1CO. The Bertz CT molecular complexity index is 524. The molecule has 0 radical (unpaired) electrons. The van der Waals surface area contributed by atoms with Crippen LogP contribution in [0.5, 0.6) is 0 Å². The number of amides is 1. The highest BCUT2D eigenvalue weighted by Gasteiger charge is 2.50. The molecule has 1 aromatic rings. The summed E-state index contributed by atoms with van der Waals surface area (Å²) in [7, 11) is 0. The van der Waals surface area contributed by atoms with Crippen LogP contribution in [0.2, 0.25) is 0 Å². The van der Waals surface area contributed by atoms with Gasteiger partial charge in [-0.15, -0.1) is 11.8 Å². The molecule has 0 spiro atoms. The van der Waals surface area contributed by atoms with Gasteiger partial charge in [-0.05, 0) is 40.2 Å². The van der Waals surface area contributed by atoms with Gasteiger partial charge in [0.15, 0.2) is 0 Å². The lowest BCUT2D eigenvalue weighted by atomic mass is 10.0. The highest BCUT2D eigenvalue weighted by molar-refractivity contribution is 8.01. The molecule has 1 heterocycles. The number of ether oxygens (including phenoxy) is 1. The van der Waals surface area contributed by atoms with E-state index >= 15 is 0 Å². The number of benzene rings is 1. The van der Waals surface area contributed by atoms with Crippen LogP contribution in [0.4, 0.5) is 4.79 Å². The molecule has 22 heavy (non-hydrogen) atoms. The van der Waals surface area contributed by atoms with Gasteiger partial charge >= 0.3 is 6.09 Å². The molecule has 2 atom stereocenters. The molecule has 1 saturated heterocycles. The Morgan fingerprint density at radius 2 is 1.91 bits per heavy atom. The van der Waals surface area contributed by atoms with Crippen molar-refractivity contribution >= 4 is 17.9 Å². The standard InChI is InChI=1S/C17H25NO3S/c1-16(2,3)21-15(20)18-13(11-19)17(4,5)22-14(18)12-9-7-6-8-10-12/h6-10,13-14,19H,11H2,1-5H3. The summed E-state index contributed by atoms with van der Waals surface area (Å²) >= 11 is 1.68. The van der Waals surface area contributed by atoms with Crippen LogP contribution in [0.3, 0.4) is 0 Å². The average Bonchev–Trinajstić information content (AvgIpc) is 2.69. The molecule has 2 unspecified atom stereocenters. The van der Waals surface area contributed by atoms with E-state index in [4.69, 9.17) is 4.74 Å². The number of carbonyl (C=O) groups excluding carboxylic acids is 1. The highest BCUT2D eigenvalue weighted by Crippen LogP contribution is 2.52. The molecule has 122 valence electrons. The number of nitrogens with zero attached hydrogens (tertiary/aromatic N) is 1. The number of thioether (sulfide) groups is 1. The Hall–Kier alpha value is -1.20. The fourth-order valence-corrected chi connectivity index (χ4v) is 4.17. The van der Waals surface area contributed by atoms with E-state index in [1.807, 2.05) is 51.1 Å². The predicted molar refractivity (Wildman–Crippen MR) is 89.8 cm³/mol. The minimum Gasteiger partial charge on any atom is -0.444 e. The smallest absolute Gasteiger partial charge is 0.411 e. The van der Waals surface area contributed by atoms with Crippen molar-refractivity contribution in [2.45, 2.75) is 56.4 Å². The first-order valence-corrected chi connectivity index (χ1v) is 8.38. The second-order valence-electron chi connectivity index (χ2n) is 7.07. The summed E-state index contributed by atoms with van der Waals surface area (Å²) < 4.78 is 5.32. The molecule has 1 amide bonds. The average molecular weight is 323 g/mol. The number of carbonyl (C=O) groups is 1. The number of aliphatic hydroxyl groups excluding tert-OH is 1. The van der Waals surface area contributed by atoms with Gasteiger partial charge in [0.25, 0.3) is 0 Å². The third-order valence-electron chi connectivity index (χ3n) is 3.67. The van der Waals surface area contributed by atoms with Gasteiger partial charge in [0, 0.05) is 4.75 Å². The summed E-state index contributed by atoms with van der Waals surface area (Å²) in [5.74, 6) is 0. The van der Waals surface area contributed by atoms with Gasteiger partial charge in [-0.1, -0.05) is 30.3 Å². The maximum Gasteiger partial charge on any atom is 0.411 e. The van der Waals surface area contributed by atoms with Crippen LogP contribution >= 0.6 is 11.8 Å². The molecule has 5 heteroatoms. The van der Waals surface area contributed by atoms with Crippen molar-refractivity contribution in [2.75, 3.05) is 6.61 Å². The molecule has 2 rings (SSSR count). The van der Waals surface area contributed by atoms with Crippen LogP contribution in [-0.4, -0.2) is 39.1 Å².